The van der Waals surface area contributed by atoms with Gasteiger partial charge in [0.25, 0.3) is 11.8 Å². The van der Waals surface area contributed by atoms with E-state index in [0.29, 0.717) is 11.3 Å². The van der Waals surface area contributed by atoms with E-state index in [9.17, 15) is 9.59 Å². The summed E-state index contributed by atoms with van der Waals surface area (Å²) >= 11 is 0. The number of carbonyl (C=O) groups is 2. The third-order valence-corrected chi connectivity index (χ3v) is 6.55. The van der Waals surface area contributed by atoms with Crippen LogP contribution in [0.25, 0.3) is 0 Å². The number of hydrogen-bond acceptors (Lipinski definition) is 4. The maximum Gasteiger partial charge on any atom is 0.294 e. The van der Waals surface area contributed by atoms with Crippen LogP contribution in [0.5, 0.6) is 0 Å². The van der Waals surface area contributed by atoms with Gasteiger partial charge in [0.15, 0.2) is 5.76 Å². The summed E-state index contributed by atoms with van der Waals surface area (Å²) in [6, 6.07) is 15.5. The highest BCUT2D eigenvalue weighted by Crippen LogP contribution is 2.36. The van der Waals surface area contributed by atoms with E-state index in [2.05, 4.69) is 23.5 Å². The molecule has 168 valence electrons. The molecule has 0 radical (unpaired) electrons. The van der Waals surface area contributed by atoms with Gasteiger partial charge in [-0.1, -0.05) is 35.9 Å². The minimum atomic E-state index is -0.255. The van der Waals surface area contributed by atoms with Crippen LogP contribution in [0.2, 0.25) is 0 Å². The van der Waals surface area contributed by atoms with Crippen LogP contribution in [-0.2, 0) is 12.8 Å². The second-order valence-electron chi connectivity index (χ2n) is 8.93. The molecule has 2 heterocycles. The van der Waals surface area contributed by atoms with Crippen molar-refractivity contribution in [2.75, 3.05) is 4.90 Å². The average molecular weight is 442 g/mol. The van der Waals surface area contributed by atoms with Crippen molar-refractivity contribution in [3.8, 4) is 0 Å². The van der Waals surface area contributed by atoms with Gasteiger partial charge in [-0.25, -0.2) is 5.43 Å². The molecule has 1 aliphatic heterocycles. The first-order valence-electron chi connectivity index (χ1n) is 11.4. The first-order chi connectivity index (χ1) is 15.9. The predicted molar refractivity (Wildman–Crippen MR) is 128 cm³/mol. The summed E-state index contributed by atoms with van der Waals surface area (Å²) in [7, 11) is 0. The zero-order valence-corrected chi connectivity index (χ0v) is 19.1. The van der Waals surface area contributed by atoms with Crippen molar-refractivity contribution < 1.29 is 14.0 Å². The predicted octanol–water partition coefficient (Wildman–Crippen LogP) is 4.96. The molecule has 1 aliphatic carbocycles. The highest BCUT2D eigenvalue weighted by molar-refractivity contribution is 6.11. The summed E-state index contributed by atoms with van der Waals surface area (Å²) in [5.74, 6) is 0.755. The molecule has 1 atom stereocenters. The Morgan fingerprint density at radius 3 is 2.61 bits per heavy atom. The number of furan rings is 1. The lowest BCUT2D eigenvalue weighted by Crippen LogP contribution is -2.35. The van der Waals surface area contributed by atoms with Crippen LogP contribution < -0.4 is 10.3 Å². The second-order valence-corrected chi connectivity index (χ2v) is 8.93. The highest BCUT2D eigenvalue weighted by Gasteiger charge is 2.36. The maximum absolute atomic E-state index is 13.6. The van der Waals surface area contributed by atoms with Gasteiger partial charge in [-0.3, -0.25) is 9.59 Å². The molecule has 1 unspecified atom stereocenters. The number of hydrogen-bond donors (Lipinski definition) is 1. The summed E-state index contributed by atoms with van der Waals surface area (Å²) in [5, 5.41) is 4.44. The molecule has 0 spiro atoms. The number of hydrazone groups is 1. The molecule has 1 N–H and O–H groups in total. The molecule has 33 heavy (non-hydrogen) atoms. The lowest BCUT2D eigenvalue weighted by atomic mass is 9.93. The topological polar surface area (TPSA) is 74.9 Å². The maximum atomic E-state index is 13.6. The summed E-state index contributed by atoms with van der Waals surface area (Å²) in [6.45, 7) is 5.95. The monoisotopic (exact) mass is 441 g/mol. The molecule has 1 aromatic heterocycles. The molecule has 5 rings (SSSR count). The Labute approximate surface area is 193 Å². The molecule has 2 aliphatic rings. The number of carbonyl (C=O) groups excluding carboxylic acids is 2. The summed E-state index contributed by atoms with van der Waals surface area (Å²) in [5.41, 5.74) is 8.85. The van der Waals surface area contributed by atoms with Gasteiger partial charge in [-0.05, 0) is 63.8 Å². The molecule has 6 heteroatoms. The molecule has 0 saturated heterocycles. The van der Waals surface area contributed by atoms with Gasteiger partial charge in [0.1, 0.15) is 5.76 Å². The Balaban J connectivity index is 1.44. The standard InChI is InChI=1S/C27H27N3O3/c1-16-11-13-19(14-12-16)26(31)29-28-21-8-6-10-23-24(21)18(3)25(33-23)27(32)30-17(2)15-20-7-4-5-9-22(20)30/h4-5,7,9,11-14,17H,6,8,10,15H2,1-3H3,(H,29,31)/b28-21+. The molecule has 2 amide bonds. The molecule has 6 nitrogen and oxygen atoms in total. The van der Waals surface area contributed by atoms with E-state index in [0.717, 1.165) is 59.5 Å². The van der Waals surface area contributed by atoms with Gasteiger partial charge in [0, 0.05) is 34.8 Å². The van der Waals surface area contributed by atoms with Crippen LogP contribution in [0.3, 0.4) is 0 Å². The molecule has 0 fully saturated rings. The van der Waals surface area contributed by atoms with Gasteiger partial charge in [0.05, 0.1) is 5.71 Å². The molecular formula is C27H27N3O3. The number of nitrogens with one attached hydrogen (secondary N) is 1. The van der Waals surface area contributed by atoms with E-state index in [4.69, 9.17) is 4.42 Å². The van der Waals surface area contributed by atoms with Crippen LogP contribution in [0, 0.1) is 13.8 Å². The minimum Gasteiger partial charge on any atom is -0.455 e. The SMILES string of the molecule is Cc1ccc(C(=O)N/N=C2\CCCc3oc(C(=O)N4c5ccccc5CC4C)c(C)c32)cc1. The van der Waals surface area contributed by atoms with Crippen molar-refractivity contribution in [2.45, 2.75) is 52.5 Å². The first kappa shape index (κ1) is 21.2. The number of aryl methyl sites for hydroxylation is 2. The zero-order valence-electron chi connectivity index (χ0n) is 19.1. The Morgan fingerprint density at radius 2 is 1.82 bits per heavy atom. The smallest absolute Gasteiger partial charge is 0.294 e. The fourth-order valence-corrected chi connectivity index (χ4v) is 4.86. The van der Waals surface area contributed by atoms with Gasteiger partial charge >= 0.3 is 0 Å². The van der Waals surface area contributed by atoms with Crippen LogP contribution in [0.1, 0.15) is 68.7 Å². The number of anilines is 1. The van der Waals surface area contributed by atoms with Gasteiger partial charge in [-0.2, -0.15) is 5.10 Å². The fraction of sp³-hybridized carbons (Fsp3) is 0.296. The highest BCUT2D eigenvalue weighted by atomic mass is 16.4. The quantitative estimate of drug-likeness (QED) is 0.584. The Morgan fingerprint density at radius 1 is 1.06 bits per heavy atom. The normalized spacial score (nSPS) is 18.2. The first-order valence-corrected chi connectivity index (χ1v) is 11.4. The van der Waals surface area contributed by atoms with E-state index in [1.807, 2.05) is 49.1 Å². The van der Waals surface area contributed by atoms with E-state index in [1.54, 1.807) is 12.1 Å². The average Bonchev–Trinajstić information content (AvgIpc) is 3.34. The number of benzene rings is 2. The van der Waals surface area contributed by atoms with E-state index < -0.39 is 0 Å². The molecule has 0 saturated carbocycles. The Bertz CT molecular complexity index is 1270. The van der Waals surface area contributed by atoms with Crippen LogP contribution in [0.15, 0.2) is 58.0 Å². The number of amides is 2. The number of nitrogens with zero attached hydrogens (tertiary/aromatic N) is 2. The van der Waals surface area contributed by atoms with Gasteiger partial charge in [-0.15, -0.1) is 0 Å². The van der Waals surface area contributed by atoms with Crippen molar-refractivity contribution in [3.63, 3.8) is 0 Å². The van der Waals surface area contributed by atoms with Crippen molar-refractivity contribution in [1.29, 1.82) is 0 Å². The molecular weight excluding hydrogens is 414 g/mol. The third kappa shape index (κ3) is 3.75. The van der Waals surface area contributed by atoms with Gasteiger partial charge in [0.2, 0.25) is 0 Å². The van der Waals surface area contributed by atoms with Gasteiger partial charge < -0.3 is 9.32 Å². The lowest BCUT2D eigenvalue weighted by Gasteiger charge is -2.21. The Kier molecular flexibility index (Phi) is 5.36. The van der Waals surface area contributed by atoms with Crippen LogP contribution in [0.4, 0.5) is 5.69 Å². The molecule has 3 aromatic rings. The molecule has 2 aromatic carbocycles. The zero-order chi connectivity index (χ0) is 23.1. The van der Waals surface area contributed by atoms with Crippen LogP contribution in [-0.4, -0.2) is 23.6 Å². The van der Waals surface area contributed by atoms with E-state index in [1.165, 1.54) is 5.56 Å². The van der Waals surface area contributed by atoms with Crippen molar-refractivity contribution >= 4 is 23.2 Å². The van der Waals surface area contributed by atoms with E-state index in [-0.39, 0.29) is 17.9 Å². The number of rotatable bonds is 3. The summed E-state index contributed by atoms with van der Waals surface area (Å²) < 4.78 is 6.12. The van der Waals surface area contributed by atoms with Crippen molar-refractivity contribution in [2.24, 2.45) is 5.10 Å². The third-order valence-electron chi connectivity index (χ3n) is 6.55. The van der Waals surface area contributed by atoms with Crippen LogP contribution >= 0.6 is 0 Å². The largest absolute Gasteiger partial charge is 0.455 e. The van der Waals surface area contributed by atoms with Crippen molar-refractivity contribution in [1.82, 2.24) is 5.43 Å². The van der Waals surface area contributed by atoms with Crippen molar-refractivity contribution in [3.05, 3.63) is 87.9 Å². The second kappa shape index (κ2) is 8.35. The summed E-state index contributed by atoms with van der Waals surface area (Å²) in [4.78, 5) is 27.9. The Hall–Kier alpha value is -3.67. The molecule has 0 bridgehead atoms. The van der Waals surface area contributed by atoms with E-state index >= 15 is 0 Å². The number of fused-ring (bicyclic) bond motifs is 2. The summed E-state index contributed by atoms with van der Waals surface area (Å²) in [6.07, 6.45) is 3.16. The minimum absolute atomic E-state index is 0.0679. The lowest BCUT2D eigenvalue weighted by molar-refractivity contribution is 0.0946. The fourth-order valence-electron chi connectivity index (χ4n) is 4.86. The number of para-hydroxylation sites is 1.